The highest BCUT2D eigenvalue weighted by molar-refractivity contribution is 8.00. The van der Waals surface area contributed by atoms with Crippen LogP contribution < -0.4 is 4.74 Å². The number of thioether (sulfide) groups is 1. The lowest BCUT2D eigenvalue weighted by molar-refractivity contribution is -0.0499. The molecule has 96 valence electrons. The molecule has 1 aromatic carbocycles. The van der Waals surface area contributed by atoms with Gasteiger partial charge in [0.05, 0.1) is 14.9 Å². The Morgan fingerprint density at radius 1 is 1.12 bits per heavy atom. The van der Waals surface area contributed by atoms with Gasteiger partial charge >= 0.3 is 12.1 Å². The van der Waals surface area contributed by atoms with E-state index in [9.17, 15) is 22.0 Å². The van der Waals surface area contributed by atoms with Crippen molar-refractivity contribution in [3.05, 3.63) is 22.2 Å². The molecule has 0 aliphatic carbocycles. The quantitative estimate of drug-likeness (QED) is 0.560. The maximum atomic E-state index is 12.1. The number of hydrogen-bond donors (Lipinski definition) is 0. The highest BCUT2D eigenvalue weighted by Gasteiger charge is 2.32. The lowest BCUT2D eigenvalue weighted by Gasteiger charge is -2.11. The number of ether oxygens (including phenoxy) is 1. The number of rotatable bonds is 3. The van der Waals surface area contributed by atoms with E-state index in [0.717, 1.165) is 12.1 Å². The third kappa shape index (κ3) is 4.77. The molecule has 0 unspecified atom stereocenters. The molecule has 0 aromatic heterocycles. The van der Waals surface area contributed by atoms with Gasteiger partial charge in [0.15, 0.2) is 0 Å². The number of alkyl halides is 5. The lowest BCUT2D eigenvalue weighted by atomic mass is 10.3. The van der Waals surface area contributed by atoms with Crippen LogP contribution in [0.4, 0.5) is 22.0 Å². The van der Waals surface area contributed by atoms with Gasteiger partial charge in [-0.05, 0) is 11.8 Å². The lowest BCUT2D eigenvalue weighted by Crippen LogP contribution is -2.03. The number of hydrogen-bond acceptors (Lipinski definition) is 2. The molecule has 0 N–H and O–H groups in total. The Morgan fingerprint density at radius 3 is 1.94 bits per heavy atom. The van der Waals surface area contributed by atoms with Crippen LogP contribution in [0.5, 0.6) is 5.75 Å². The summed E-state index contributed by atoms with van der Waals surface area (Å²) in [6.45, 7) is -3.11. The van der Waals surface area contributed by atoms with E-state index in [-0.39, 0.29) is 0 Å². The first-order chi connectivity index (χ1) is 7.69. The van der Waals surface area contributed by atoms with Crippen molar-refractivity contribution in [2.45, 2.75) is 17.0 Å². The summed E-state index contributed by atoms with van der Waals surface area (Å²) in [5.41, 5.74) is -4.57. The summed E-state index contributed by atoms with van der Waals surface area (Å²) in [4.78, 5) is -0.456. The average Bonchev–Trinajstić information content (AvgIpc) is 2.08. The molecule has 0 bridgehead atoms. The number of benzene rings is 1. The van der Waals surface area contributed by atoms with Crippen LogP contribution in [0, 0.1) is 0 Å². The summed E-state index contributed by atoms with van der Waals surface area (Å²) in [6.07, 6.45) is 0. The van der Waals surface area contributed by atoms with E-state index in [2.05, 4.69) is 4.74 Å². The van der Waals surface area contributed by atoms with E-state index < -0.39 is 44.6 Å². The molecule has 0 heterocycles. The van der Waals surface area contributed by atoms with Crippen LogP contribution >= 0.6 is 35.0 Å². The predicted molar refractivity (Wildman–Crippen MR) is 55.0 cm³/mol. The van der Waals surface area contributed by atoms with Crippen molar-refractivity contribution in [2.24, 2.45) is 0 Å². The van der Waals surface area contributed by atoms with Gasteiger partial charge in [-0.2, -0.15) is 22.0 Å². The molecule has 0 amide bonds. The molecule has 0 atom stereocenters. The van der Waals surface area contributed by atoms with E-state index >= 15 is 0 Å². The SMILES string of the molecule is FC(F)Oc1cc(Cl)c(SC(F)(F)F)c(Cl)c1. The Hall–Kier alpha value is -0.400. The van der Waals surface area contributed by atoms with Gasteiger partial charge in [-0.15, -0.1) is 0 Å². The van der Waals surface area contributed by atoms with Crippen molar-refractivity contribution in [1.82, 2.24) is 0 Å². The van der Waals surface area contributed by atoms with Gasteiger partial charge < -0.3 is 4.74 Å². The first-order valence-electron chi connectivity index (χ1n) is 3.88. The van der Waals surface area contributed by atoms with Gasteiger partial charge in [-0.1, -0.05) is 23.2 Å². The largest absolute Gasteiger partial charge is 0.446 e. The van der Waals surface area contributed by atoms with Gasteiger partial charge in [-0.25, -0.2) is 0 Å². The van der Waals surface area contributed by atoms with Gasteiger partial charge in [0.1, 0.15) is 5.75 Å². The standard InChI is InChI=1S/C8H3Cl2F5OS/c9-4-1-3(16-7(11)12)2-5(10)6(4)17-8(13,14)15/h1-2,7H. The zero-order valence-corrected chi connectivity index (χ0v) is 10.0. The van der Waals surface area contributed by atoms with Gasteiger partial charge in [-0.3, -0.25) is 0 Å². The first-order valence-corrected chi connectivity index (χ1v) is 5.46. The average molecular weight is 313 g/mol. The van der Waals surface area contributed by atoms with E-state index in [1.807, 2.05) is 0 Å². The Kier molecular flexibility index (Phi) is 4.74. The molecule has 0 aliphatic rings. The molecule has 17 heavy (non-hydrogen) atoms. The summed E-state index contributed by atoms with van der Waals surface area (Å²) < 4.78 is 64.0. The van der Waals surface area contributed by atoms with Crippen LogP contribution in [0.25, 0.3) is 0 Å². The van der Waals surface area contributed by atoms with Crippen molar-refractivity contribution in [3.8, 4) is 5.75 Å². The molecule has 1 aromatic rings. The van der Waals surface area contributed by atoms with Crippen molar-refractivity contribution >= 4 is 35.0 Å². The van der Waals surface area contributed by atoms with E-state index in [0.29, 0.717) is 0 Å². The Labute approximate surface area is 107 Å². The normalized spacial score (nSPS) is 12.0. The van der Waals surface area contributed by atoms with E-state index in [1.54, 1.807) is 0 Å². The third-order valence-corrected chi connectivity index (χ3v) is 3.11. The fourth-order valence-electron chi connectivity index (χ4n) is 0.921. The number of halogens is 7. The molecule has 1 nitrogen and oxygen atoms in total. The Bertz CT molecular complexity index is 386. The molecular formula is C8H3Cl2F5OS. The van der Waals surface area contributed by atoms with Crippen molar-refractivity contribution in [2.75, 3.05) is 0 Å². The maximum Gasteiger partial charge on any atom is 0.446 e. The van der Waals surface area contributed by atoms with Crippen LogP contribution in [0.3, 0.4) is 0 Å². The highest BCUT2D eigenvalue weighted by atomic mass is 35.5. The monoisotopic (exact) mass is 312 g/mol. The zero-order valence-electron chi connectivity index (χ0n) is 7.69. The molecule has 0 saturated heterocycles. The fourth-order valence-corrected chi connectivity index (χ4v) is 2.16. The molecule has 0 fully saturated rings. The minimum Gasteiger partial charge on any atom is -0.435 e. The van der Waals surface area contributed by atoms with Crippen molar-refractivity contribution < 1.29 is 26.7 Å². The molecule has 0 aliphatic heterocycles. The summed E-state index contributed by atoms with van der Waals surface area (Å²) >= 11 is 10.5. The van der Waals surface area contributed by atoms with Crippen LogP contribution in [-0.4, -0.2) is 12.1 Å². The van der Waals surface area contributed by atoms with Gasteiger partial charge in [0.2, 0.25) is 0 Å². The van der Waals surface area contributed by atoms with E-state index in [1.165, 1.54) is 0 Å². The smallest absolute Gasteiger partial charge is 0.435 e. The molecule has 0 spiro atoms. The second-order valence-corrected chi connectivity index (χ2v) is 4.53. The van der Waals surface area contributed by atoms with E-state index in [4.69, 9.17) is 23.2 Å². The van der Waals surface area contributed by atoms with Crippen LogP contribution in [-0.2, 0) is 0 Å². The summed E-state index contributed by atoms with van der Waals surface area (Å²) in [5.74, 6) is -0.401. The van der Waals surface area contributed by atoms with Gasteiger partial charge in [0, 0.05) is 12.1 Å². The van der Waals surface area contributed by atoms with Crippen LogP contribution in [0.2, 0.25) is 10.0 Å². The second-order valence-electron chi connectivity index (χ2n) is 2.64. The topological polar surface area (TPSA) is 9.23 Å². The van der Waals surface area contributed by atoms with Crippen LogP contribution in [0.1, 0.15) is 0 Å². The Balaban J connectivity index is 3.02. The third-order valence-electron chi connectivity index (χ3n) is 1.41. The molecule has 0 radical (unpaired) electrons. The van der Waals surface area contributed by atoms with Crippen LogP contribution in [0.15, 0.2) is 17.0 Å². The minimum atomic E-state index is -4.57. The van der Waals surface area contributed by atoms with Crippen molar-refractivity contribution in [1.29, 1.82) is 0 Å². The highest BCUT2D eigenvalue weighted by Crippen LogP contribution is 2.45. The molecular weight excluding hydrogens is 310 g/mol. The maximum absolute atomic E-state index is 12.1. The van der Waals surface area contributed by atoms with Gasteiger partial charge in [0.25, 0.3) is 0 Å². The molecule has 0 saturated carbocycles. The minimum absolute atomic E-state index is 0.401. The second kappa shape index (κ2) is 5.49. The van der Waals surface area contributed by atoms with Crippen molar-refractivity contribution in [3.63, 3.8) is 0 Å². The summed E-state index contributed by atoms with van der Waals surface area (Å²) in [6, 6.07) is 1.68. The molecule has 9 heteroatoms. The fraction of sp³-hybridized carbons (Fsp3) is 0.250. The Morgan fingerprint density at radius 2 is 1.59 bits per heavy atom. The predicted octanol–water partition coefficient (Wildman–Crippen LogP) is 5.21. The zero-order chi connectivity index (χ0) is 13.2. The molecule has 1 rings (SSSR count). The summed E-state index contributed by atoms with van der Waals surface area (Å²) in [7, 11) is 0. The first kappa shape index (κ1) is 14.7. The summed E-state index contributed by atoms with van der Waals surface area (Å²) in [5, 5.41) is -0.814.